The van der Waals surface area contributed by atoms with Crippen molar-refractivity contribution in [2.24, 2.45) is 5.41 Å². The molecule has 0 atom stereocenters. The van der Waals surface area contributed by atoms with Gasteiger partial charge in [0.1, 0.15) is 0 Å². The second kappa shape index (κ2) is 5.35. The molecule has 0 bridgehead atoms. The van der Waals surface area contributed by atoms with Gasteiger partial charge in [0.25, 0.3) is 0 Å². The van der Waals surface area contributed by atoms with Crippen LogP contribution in [0.1, 0.15) is 39.0 Å². The van der Waals surface area contributed by atoms with Crippen molar-refractivity contribution in [2.75, 3.05) is 32.7 Å². The second-order valence-electron chi connectivity index (χ2n) is 6.56. The van der Waals surface area contributed by atoms with Crippen LogP contribution in [-0.4, -0.2) is 60.4 Å². The van der Waals surface area contributed by atoms with Crippen LogP contribution in [-0.2, 0) is 9.59 Å². The molecule has 3 fully saturated rings. The second-order valence-corrected chi connectivity index (χ2v) is 6.56. The van der Waals surface area contributed by atoms with Crippen molar-refractivity contribution in [3.63, 3.8) is 0 Å². The highest BCUT2D eigenvalue weighted by atomic mass is 16.2. The maximum Gasteiger partial charge on any atom is 0.226 e. The van der Waals surface area contributed by atoms with Crippen LogP contribution in [0.3, 0.4) is 0 Å². The molecular weight excluding hydrogens is 254 g/mol. The number of piperidine rings is 2. The minimum Gasteiger partial charge on any atom is -0.356 e. The van der Waals surface area contributed by atoms with Gasteiger partial charge < -0.3 is 15.1 Å². The molecule has 1 spiro atoms. The Morgan fingerprint density at radius 1 is 1.15 bits per heavy atom. The summed E-state index contributed by atoms with van der Waals surface area (Å²) in [5.74, 6) is 0.479. The summed E-state index contributed by atoms with van der Waals surface area (Å²) in [6.45, 7) is 6.38. The molecule has 0 aromatic carbocycles. The van der Waals surface area contributed by atoms with Gasteiger partial charge in [0.05, 0.1) is 5.41 Å². The Balaban J connectivity index is 1.52. The number of nitrogens with one attached hydrogen (secondary N) is 1. The van der Waals surface area contributed by atoms with Crippen LogP contribution < -0.4 is 5.32 Å². The van der Waals surface area contributed by atoms with Gasteiger partial charge in [0.15, 0.2) is 0 Å². The van der Waals surface area contributed by atoms with Crippen LogP contribution in [0.15, 0.2) is 0 Å². The standard InChI is InChI=1S/C15H25N3O2/c1-12(19)17-8-2-13(3-9-17)18-10-5-15(6-11-18)4-7-16-14(15)20/h13H,2-11H2,1H3,(H,16,20). The highest BCUT2D eigenvalue weighted by Crippen LogP contribution is 2.39. The molecule has 3 saturated heterocycles. The van der Waals surface area contributed by atoms with E-state index in [0.29, 0.717) is 6.04 Å². The average molecular weight is 279 g/mol. The summed E-state index contributed by atoms with van der Waals surface area (Å²) in [5, 5.41) is 2.99. The molecule has 1 N–H and O–H groups in total. The number of rotatable bonds is 1. The van der Waals surface area contributed by atoms with Gasteiger partial charge in [0.2, 0.25) is 11.8 Å². The third-order valence-corrected chi connectivity index (χ3v) is 5.55. The van der Waals surface area contributed by atoms with E-state index in [2.05, 4.69) is 10.2 Å². The topological polar surface area (TPSA) is 52.7 Å². The van der Waals surface area contributed by atoms with Crippen molar-refractivity contribution >= 4 is 11.8 Å². The third-order valence-electron chi connectivity index (χ3n) is 5.55. The van der Waals surface area contributed by atoms with E-state index in [9.17, 15) is 9.59 Å². The zero-order valence-corrected chi connectivity index (χ0v) is 12.4. The van der Waals surface area contributed by atoms with Crippen LogP contribution in [0.4, 0.5) is 0 Å². The molecule has 3 rings (SSSR count). The molecule has 20 heavy (non-hydrogen) atoms. The minimum absolute atomic E-state index is 0.0589. The smallest absolute Gasteiger partial charge is 0.226 e. The van der Waals surface area contributed by atoms with Gasteiger partial charge >= 0.3 is 0 Å². The SMILES string of the molecule is CC(=O)N1CCC(N2CCC3(CCNC3=O)CC2)CC1. The van der Waals surface area contributed by atoms with Crippen LogP contribution >= 0.6 is 0 Å². The molecular formula is C15H25N3O2. The van der Waals surface area contributed by atoms with Crippen molar-refractivity contribution in [3.05, 3.63) is 0 Å². The lowest BCUT2D eigenvalue weighted by molar-refractivity contribution is -0.132. The van der Waals surface area contributed by atoms with Crippen molar-refractivity contribution in [1.82, 2.24) is 15.1 Å². The molecule has 0 aromatic rings. The Morgan fingerprint density at radius 2 is 1.80 bits per heavy atom. The van der Waals surface area contributed by atoms with E-state index in [1.165, 1.54) is 0 Å². The van der Waals surface area contributed by atoms with E-state index < -0.39 is 0 Å². The Morgan fingerprint density at radius 3 is 2.30 bits per heavy atom. The highest BCUT2D eigenvalue weighted by Gasteiger charge is 2.45. The number of hydrogen-bond donors (Lipinski definition) is 1. The van der Waals surface area contributed by atoms with E-state index >= 15 is 0 Å². The zero-order valence-electron chi connectivity index (χ0n) is 12.4. The quantitative estimate of drug-likeness (QED) is 0.765. The fourth-order valence-electron chi connectivity index (χ4n) is 4.06. The van der Waals surface area contributed by atoms with Gasteiger partial charge in [-0.2, -0.15) is 0 Å². The lowest BCUT2D eigenvalue weighted by Gasteiger charge is -2.44. The van der Waals surface area contributed by atoms with Crippen molar-refractivity contribution in [2.45, 2.75) is 45.1 Å². The van der Waals surface area contributed by atoms with Crippen molar-refractivity contribution < 1.29 is 9.59 Å². The molecule has 2 amide bonds. The molecule has 5 heteroatoms. The molecule has 112 valence electrons. The zero-order chi connectivity index (χ0) is 14.2. The number of nitrogens with zero attached hydrogens (tertiary/aromatic N) is 2. The van der Waals surface area contributed by atoms with E-state index in [4.69, 9.17) is 0 Å². The monoisotopic (exact) mass is 279 g/mol. The normalized spacial score (nSPS) is 27.9. The Labute approximate surface area is 120 Å². The van der Waals surface area contributed by atoms with Crippen molar-refractivity contribution in [1.29, 1.82) is 0 Å². The first-order valence-corrected chi connectivity index (χ1v) is 7.89. The minimum atomic E-state index is -0.0589. The van der Waals surface area contributed by atoms with Crippen LogP contribution in [0.5, 0.6) is 0 Å². The molecule has 0 radical (unpaired) electrons. The number of likely N-dealkylation sites (tertiary alicyclic amines) is 2. The Kier molecular flexibility index (Phi) is 3.71. The van der Waals surface area contributed by atoms with Crippen LogP contribution in [0, 0.1) is 5.41 Å². The average Bonchev–Trinajstić information content (AvgIpc) is 2.81. The molecule has 5 nitrogen and oxygen atoms in total. The first-order chi connectivity index (χ1) is 9.61. The summed E-state index contributed by atoms with van der Waals surface area (Å²) < 4.78 is 0. The number of hydrogen-bond acceptors (Lipinski definition) is 3. The van der Waals surface area contributed by atoms with E-state index in [1.54, 1.807) is 6.92 Å². The number of carbonyl (C=O) groups is 2. The third kappa shape index (κ3) is 2.43. The predicted octanol–water partition coefficient (Wildman–Crippen LogP) is 0.599. The van der Waals surface area contributed by atoms with Crippen LogP contribution in [0.2, 0.25) is 0 Å². The van der Waals surface area contributed by atoms with Crippen molar-refractivity contribution in [3.8, 4) is 0 Å². The summed E-state index contributed by atoms with van der Waals surface area (Å²) in [7, 11) is 0. The summed E-state index contributed by atoms with van der Waals surface area (Å²) in [5.41, 5.74) is -0.0589. The van der Waals surface area contributed by atoms with E-state index in [0.717, 1.165) is 64.8 Å². The summed E-state index contributed by atoms with van der Waals surface area (Å²) in [4.78, 5) is 27.8. The fourth-order valence-corrected chi connectivity index (χ4v) is 4.06. The maximum absolute atomic E-state index is 12.0. The Hall–Kier alpha value is -1.10. The lowest BCUT2D eigenvalue weighted by Crippen LogP contribution is -2.51. The lowest BCUT2D eigenvalue weighted by atomic mass is 9.76. The summed E-state index contributed by atoms with van der Waals surface area (Å²) in [6, 6.07) is 0.604. The molecule has 3 heterocycles. The molecule has 0 saturated carbocycles. The molecule has 0 unspecified atom stereocenters. The van der Waals surface area contributed by atoms with Gasteiger partial charge in [-0.3, -0.25) is 9.59 Å². The first kappa shape index (κ1) is 13.9. The van der Waals surface area contributed by atoms with Gasteiger partial charge in [-0.05, 0) is 45.2 Å². The van der Waals surface area contributed by atoms with Gasteiger partial charge in [-0.1, -0.05) is 0 Å². The fraction of sp³-hybridized carbons (Fsp3) is 0.867. The van der Waals surface area contributed by atoms with Crippen LogP contribution in [0.25, 0.3) is 0 Å². The largest absolute Gasteiger partial charge is 0.356 e. The molecule has 3 aliphatic rings. The van der Waals surface area contributed by atoms with Gasteiger partial charge in [-0.25, -0.2) is 0 Å². The molecule has 0 aliphatic carbocycles. The van der Waals surface area contributed by atoms with E-state index in [1.807, 2.05) is 4.90 Å². The van der Waals surface area contributed by atoms with Gasteiger partial charge in [-0.15, -0.1) is 0 Å². The maximum atomic E-state index is 12.0. The summed E-state index contributed by atoms with van der Waals surface area (Å²) in [6.07, 6.45) is 5.19. The Bertz CT molecular complexity index is 394. The highest BCUT2D eigenvalue weighted by molar-refractivity contribution is 5.84. The summed E-state index contributed by atoms with van der Waals surface area (Å²) >= 11 is 0. The predicted molar refractivity (Wildman–Crippen MR) is 76.1 cm³/mol. The van der Waals surface area contributed by atoms with E-state index in [-0.39, 0.29) is 17.2 Å². The molecule has 3 aliphatic heterocycles. The molecule has 0 aromatic heterocycles. The first-order valence-electron chi connectivity index (χ1n) is 7.89. The number of carbonyl (C=O) groups excluding carboxylic acids is 2. The number of amides is 2. The van der Waals surface area contributed by atoms with Gasteiger partial charge in [0, 0.05) is 32.6 Å².